The number of sulfonamides is 1. The molecule has 2 atom stereocenters. The summed E-state index contributed by atoms with van der Waals surface area (Å²) in [5.41, 5.74) is 5.55. The zero-order valence-corrected chi connectivity index (χ0v) is 12.1. The van der Waals surface area contributed by atoms with Crippen molar-refractivity contribution >= 4 is 15.7 Å². The molecule has 1 aromatic rings. The highest BCUT2D eigenvalue weighted by molar-refractivity contribution is 7.89. The van der Waals surface area contributed by atoms with Gasteiger partial charge in [-0.3, -0.25) is 0 Å². The van der Waals surface area contributed by atoms with Crippen molar-refractivity contribution in [1.29, 1.82) is 0 Å². The van der Waals surface area contributed by atoms with Gasteiger partial charge in [0.2, 0.25) is 10.0 Å². The average Bonchev–Trinajstić information content (AvgIpc) is 2.77. The Morgan fingerprint density at radius 1 is 1.45 bits per heavy atom. The molecule has 7 heteroatoms. The second-order valence-electron chi connectivity index (χ2n) is 5.32. The number of rotatable bonds is 4. The van der Waals surface area contributed by atoms with Gasteiger partial charge in [-0.25, -0.2) is 17.5 Å². The molecule has 0 saturated heterocycles. The normalized spacial score (nSPS) is 23.1. The lowest BCUT2D eigenvalue weighted by Crippen LogP contribution is -2.29. The number of nitrogens with two attached hydrogens (primary N) is 1. The number of hydrogen-bond acceptors (Lipinski definition) is 4. The van der Waals surface area contributed by atoms with Gasteiger partial charge < -0.3 is 10.8 Å². The smallest absolute Gasteiger partial charge is 0.240 e. The van der Waals surface area contributed by atoms with Gasteiger partial charge in [0.25, 0.3) is 0 Å². The molecule has 20 heavy (non-hydrogen) atoms. The Morgan fingerprint density at radius 2 is 2.15 bits per heavy atom. The van der Waals surface area contributed by atoms with Crippen LogP contribution < -0.4 is 10.5 Å². The van der Waals surface area contributed by atoms with E-state index in [2.05, 4.69) is 4.72 Å². The molecule has 5 nitrogen and oxygen atoms in total. The fourth-order valence-corrected chi connectivity index (χ4v) is 3.87. The minimum atomic E-state index is -3.71. The number of aryl methyl sites for hydroxylation is 1. The summed E-state index contributed by atoms with van der Waals surface area (Å²) in [6, 6.07) is 2.25. The third-order valence-electron chi connectivity index (χ3n) is 3.66. The summed E-state index contributed by atoms with van der Waals surface area (Å²) in [7, 11) is -3.71. The van der Waals surface area contributed by atoms with Gasteiger partial charge in [-0.05, 0) is 49.8 Å². The van der Waals surface area contributed by atoms with E-state index in [1.54, 1.807) is 0 Å². The highest BCUT2D eigenvalue weighted by Gasteiger charge is 2.25. The van der Waals surface area contributed by atoms with Crippen LogP contribution in [-0.4, -0.2) is 26.2 Å². The quantitative estimate of drug-likeness (QED) is 0.728. The van der Waals surface area contributed by atoms with E-state index in [9.17, 15) is 17.9 Å². The Morgan fingerprint density at radius 3 is 2.75 bits per heavy atom. The molecule has 0 spiro atoms. The summed E-state index contributed by atoms with van der Waals surface area (Å²) in [5, 5.41) is 9.42. The molecule has 1 aliphatic carbocycles. The molecule has 1 aromatic carbocycles. The highest BCUT2D eigenvalue weighted by atomic mass is 32.2. The van der Waals surface area contributed by atoms with Gasteiger partial charge in [0.1, 0.15) is 5.82 Å². The molecule has 112 valence electrons. The van der Waals surface area contributed by atoms with Crippen LogP contribution in [0.25, 0.3) is 0 Å². The van der Waals surface area contributed by atoms with Crippen LogP contribution in [-0.2, 0) is 10.0 Å². The Hall–Kier alpha value is -1.18. The van der Waals surface area contributed by atoms with Gasteiger partial charge in [-0.2, -0.15) is 0 Å². The zero-order valence-electron chi connectivity index (χ0n) is 11.3. The number of benzene rings is 1. The first-order chi connectivity index (χ1) is 9.29. The molecule has 0 aromatic heterocycles. The van der Waals surface area contributed by atoms with Crippen LogP contribution in [0.1, 0.15) is 24.8 Å². The number of anilines is 1. The molecule has 1 saturated carbocycles. The van der Waals surface area contributed by atoms with Gasteiger partial charge >= 0.3 is 0 Å². The monoisotopic (exact) mass is 302 g/mol. The minimum absolute atomic E-state index is 0.00468. The first-order valence-corrected chi connectivity index (χ1v) is 8.01. The lowest BCUT2D eigenvalue weighted by molar-refractivity contribution is 0.178. The highest BCUT2D eigenvalue weighted by Crippen LogP contribution is 2.26. The van der Waals surface area contributed by atoms with E-state index in [0.717, 1.165) is 18.6 Å². The standard InChI is InChI=1S/C13H19FN2O3S/c1-8-4-11(14)12(15)6-13(8)20(18,19)16-7-9-2-3-10(17)5-9/h4,6,9-10,16-17H,2-3,5,7,15H2,1H3. The summed E-state index contributed by atoms with van der Waals surface area (Å²) < 4.78 is 40.2. The summed E-state index contributed by atoms with van der Waals surface area (Å²) >= 11 is 0. The SMILES string of the molecule is Cc1cc(F)c(N)cc1S(=O)(=O)NCC1CCC(O)C1. The molecule has 0 heterocycles. The molecule has 0 radical (unpaired) electrons. The fraction of sp³-hybridized carbons (Fsp3) is 0.538. The van der Waals surface area contributed by atoms with Crippen molar-refractivity contribution < 1.29 is 17.9 Å². The maximum Gasteiger partial charge on any atom is 0.240 e. The van der Waals surface area contributed by atoms with Crippen molar-refractivity contribution in [3.05, 3.63) is 23.5 Å². The number of halogens is 1. The topological polar surface area (TPSA) is 92.4 Å². The lowest BCUT2D eigenvalue weighted by atomic mass is 10.1. The lowest BCUT2D eigenvalue weighted by Gasteiger charge is -2.13. The van der Waals surface area contributed by atoms with Crippen LogP contribution in [0.5, 0.6) is 0 Å². The van der Waals surface area contributed by atoms with Gasteiger partial charge in [-0.1, -0.05) is 0 Å². The molecule has 1 fully saturated rings. The van der Waals surface area contributed by atoms with Gasteiger partial charge in [0, 0.05) is 6.54 Å². The van der Waals surface area contributed by atoms with Gasteiger partial charge in [-0.15, -0.1) is 0 Å². The molecule has 4 N–H and O–H groups in total. The second-order valence-corrected chi connectivity index (χ2v) is 7.06. The Kier molecular flexibility index (Phi) is 4.31. The van der Waals surface area contributed by atoms with E-state index in [1.807, 2.05) is 0 Å². The molecule has 1 aliphatic rings. The second kappa shape index (κ2) is 5.67. The summed E-state index contributed by atoms with van der Waals surface area (Å²) in [4.78, 5) is -0.00468. The molecule has 0 amide bonds. The zero-order chi connectivity index (χ0) is 14.9. The first-order valence-electron chi connectivity index (χ1n) is 6.53. The number of nitrogen functional groups attached to an aromatic ring is 1. The predicted molar refractivity (Wildman–Crippen MR) is 74.1 cm³/mol. The van der Waals surface area contributed by atoms with Crippen molar-refractivity contribution in [2.75, 3.05) is 12.3 Å². The Bertz CT molecular complexity index is 604. The molecule has 0 bridgehead atoms. The Labute approximate surface area is 118 Å². The van der Waals surface area contributed by atoms with Crippen LogP contribution in [0.3, 0.4) is 0 Å². The molecule has 2 rings (SSSR count). The molecule has 0 aliphatic heterocycles. The number of aliphatic hydroxyl groups is 1. The third-order valence-corrected chi connectivity index (χ3v) is 5.22. The molecular weight excluding hydrogens is 283 g/mol. The number of nitrogens with one attached hydrogen (secondary N) is 1. The number of hydrogen-bond donors (Lipinski definition) is 3. The van der Waals surface area contributed by atoms with E-state index in [1.165, 1.54) is 6.92 Å². The van der Waals surface area contributed by atoms with Crippen molar-refractivity contribution in [3.63, 3.8) is 0 Å². The van der Waals surface area contributed by atoms with E-state index in [0.29, 0.717) is 18.4 Å². The number of aliphatic hydroxyl groups excluding tert-OH is 1. The predicted octanol–water partition coefficient (Wildman–Crippen LogP) is 1.16. The van der Waals surface area contributed by atoms with Gasteiger partial charge in [0.15, 0.2) is 0 Å². The van der Waals surface area contributed by atoms with Crippen molar-refractivity contribution in [2.45, 2.75) is 37.2 Å². The molecule has 2 unspecified atom stereocenters. The Balaban J connectivity index is 2.12. The van der Waals surface area contributed by atoms with Crippen LogP contribution >= 0.6 is 0 Å². The van der Waals surface area contributed by atoms with E-state index in [4.69, 9.17) is 5.73 Å². The van der Waals surface area contributed by atoms with Crippen LogP contribution in [0.15, 0.2) is 17.0 Å². The fourth-order valence-electron chi connectivity index (χ4n) is 2.50. The largest absolute Gasteiger partial charge is 0.396 e. The van der Waals surface area contributed by atoms with Crippen molar-refractivity contribution in [3.8, 4) is 0 Å². The van der Waals surface area contributed by atoms with Crippen LogP contribution in [0.2, 0.25) is 0 Å². The maximum atomic E-state index is 13.3. The molecular formula is C13H19FN2O3S. The first kappa shape index (κ1) is 15.2. The van der Waals surface area contributed by atoms with E-state index < -0.39 is 15.8 Å². The van der Waals surface area contributed by atoms with Crippen LogP contribution in [0.4, 0.5) is 10.1 Å². The maximum absolute atomic E-state index is 13.3. The third kappa shape index (κ3) is 3.28. The minimum Gasteiger partial charge on any atom is -0.396 e. The van der Waals surface area contributed by atoms with Crippen LogP contribution in [0, 0.1) is 18.7 Å². The van der Waals surface area contributed by atoms with E-state index >= 15 is 0 Å². The van der Waals surface area contributed by atoms with Gasteiger partial charge in [0.05, 0.1) is 16.7 Å². The van der Waals surface area contributed by atoms with Crippen molar-refractivity contribution in [1.82, 2.24) is 4.72 Å². The summed E-state index contributed by atoms with van der Waals surface area (Å²) in [5.74, 6) is -0.488. The average molecular weight is 302 g/mol. The van der Waals surface area contributed by atoms with Crippen molar-refractivity contribution in [2.24, 2.45) is 5.92 Å². The summed E-state index contributed by atoms with van der Waals surface area (Å²) in [6.45, 7) is 1.80. The van der Waals surface area contributed by atoms with E-state index in [-0.39, 0.29) is 29.1 Å². The summed E-state index contributed by atoms with van der Waals surface area (Å²) in [6.07, 6.45) is 1.77.